The van der Waals surface area contributed by atoms with Gasteiger partial charge in [0.1, 0.15) is 17.1 Å². The highest BCUT2D eigenvalue weighted by Gasteiger charge is 2.21. The quantitative estimate of drug-likeness (QED) is 0.568. The van der Waals surface area contributed by atoms with Crippen LogP contribution < -0.4 is 4.74 Å². The maximum Gasteiger partial charge on any atom is 0.187 e. The Hall–Kier alpha value is -2.67. The molecular weight excluding hydrogens is 368 g/mol. The molecule has 0 aromatic carbocycles. The number of hydrogen-bond donors (Lipinski definition) is 0. The average molecular weight is 396 g/mol. The Morgan fingerprint density at radius 1 is 1.31 bits per heavy atom. The molecule has 1 aliphatic heterocycles. The summed E-state index contributed by atoms with van der Waals surface area (Å²) in [4.78, 5) is 17.6. The SMILES string of the molecule is CCOc1cc2nc(C3CCOCC3)cn2cc1CC(=O)c1ccn(C(C)C)n1. The summed E-state index contributed by atoms with van der Waals surface area (Å²) in [5.74, 6) is 1.11. The van der Waals surface area contributed by atoms with E-state index in [2.05, 4.69) is 11.3 Å². The van der Waals surface area contributed by atoms with Gasteiger partial charge in [0.05, 0.1) is 12.3 Å². The van der Waals surface area contributed by atoms with Gasteiger partial charge in [0.25, 0.3) is 0 Å². The Bertz CT molecular complexity index is 999. The molecule has 154 valence electrons. The molecule has 1 fully saturated rings. The van der Waals surface area contributed by atoms with Gasteiger partial charge in [-0.1, -0.05) is 0 Å². The molecule has 0 amide bonds. The molecule has 4 rings (SSSR count). The van der Waals surface area contributed by atoms with Crippen molar-refractivity contribution in [3.05, 3.63) is 47.7 Å². The molecule has 0 unspecified atom stereocenters. The summed E-state index contributed by atoms with van der Waals surface area (Å²) >= 11 is 0. The summed E-state index contributed by atoms with van der Waals surface area (Å²) in [5.41, 5.74) is 3.25. The lowest BCUT2D eigenvalue weighted by Gasteiger charge is -2.19. The first-order chi connectivity index (χ1) is 14.0. The van der Waals surface area contributed by atoms with E-state index in [-0.39, 0.29) is 18.2 Å². The standard InChI is InChI=1S/C22H28N4O3/c1-4-29-21-12-22-23-19(16-6-9-28-10-7-16)14-25(22)13-17(21)11-20(27)18-5-8-26(24-18)15(2)3/h5,8,12-16H,4,6-7,9-11H2,1-3H3. The van der Waals surface area contributed by atoms with E-state index in [1.807, 2.05) is 43.6 Å². The Kier molecular flexibility index (Phi) is 5.67. The minimum atomic E-state index is -0.0190. The predicted octanol–water partition coefficient (Wildman–Crippen LogP) is 3.83. The van der Waals surface area contributed by atoms with Crippen molar-refractivity contribution in [2.45, 2.75) is 52.0 Å². The Labute approximate surface area is 170 Å². The summed E-state index contributed by atoms with van der Waals surface area (Å²) in [6.45, 7) is 8.12. The van der Waals surface area contributed by atoms with Crippen LogP contribution in [-0.2, 0) is 11.2 Å². The third-order valence-electron chi connectivity index (χ3n) is 5.36. The van der Waals surface area contributed by atoms with Gasteiger partial charge < -0.3 is 13.9 Å². The number of pyridine rings is 1. The lowest BCUT2D eigenvalue weighted by atomic mass is 9.97. The van der Waals surface area contributed by atoms with Crippen molar-refractivity contribution in [2.75, 3.05) is 19.8 Å². The van der Waals surface area contributed by atoms with Crippen molar-refractivity contribution in [3.8, 4) is 5.75 Å². The Morgan fingerprint density at radius 2 is 2.10 bits per heavy atom. The number of rotatable bonds is 7. The van der Waals surface area contributed by atoms with Crippen LogP contribution in [0.4, 0.5) is 0 Å². The zero-order valence-electron chi connectivity index (χ0n) is 17.3. The van der Waals surface area contributed by atoms with Crippen LogP contribution in [0.1, 0.15) is 67.3 Å². The molecule has 7 nitrogen and oxygen atoms in total. The molecule has 0 atom stereocenters. The molecule has 0 bridgehead atoms. The molecule has 0 radical (unpaired) electrons. The number of Topliss-reactive ketones (excluding diaryl/α,β-unsaturated/α-hetero) is 1. The van der Waals surface area contributed by atoms with Crippen LogP contribution in [0.5, 0.6) is 5.75 Å². The number of ether oxygens (including phenoxy) is 2. The van der Waals surface area contributed by atoms with E-state index in [1.165, 1.54) is 0 Å². The van der Waals surface area contributed by atoms with Crippen molar-refractivity contribution in [1.82, 2.24) is 19.2 Å². The van der Waals surface area contributed by atoms with Crippen molar-refractivity contribution in [3.63, 3.8) is 0 Å². The molecule has 3 aromatic rings. The van der Waals surface area contributed by atoms with Gasteiger partial charge in [0, 0.05) is 61.8 Å². The monoisotopic (exact) mass is 396 g/mol. The molecule has 0 aliphatic carbocycles. The highest BCUT2D eigenvalue weighted by Crippen LogP contribution is 2.29. The molecule has 3 aromatic heterocycles. The lowest BCUT2D eigenvalue weighted by molar-refractivity contribution is 0.0846. The third kappa shape index (κ3) is 4.19. The smallest absolute Gasteiger partial charge is 0.187 e. The molecule has 0 spiro atoms. The molecule has 4 heterocycles. The predicted molar refractivity (Wildman–Crippen MR) is 110 cm³/mol. The second-order valence-electron chi connectivity index (χ2n) is 7.79. The van der Waals surface area contributed by atoms with E-state index in [1.54, 1.807) is 10.7 Å². The third-order valence-corrected chi connectivity index (χ3v) is 5.36. The highest BCUT2D eigenvalue weighted by molar-refractivity contribution is 5.96. The van der Waals surface area contributed by atoms with Crippen molar-refractivity contribution < 1.29 is 14.3 Å². The van der Waals surface area contributed by atoms with Crippen LogP contribution in [0, 0.1) is 0 Å². The van der Waals surface area contributed by atoms with Gasteiger partial charge in [0.15, 0.2) is 5.78 Å². The molecule has 0 saturated carbocycles. The Balaban J connectivity index is 1.62. The molecule has 29 heavy (non-hydrogen) atoms. The van der Waals surface area contributed by atoms with E-state index in [0.29, 0.717) is 24.0 Å². The molecule has 1 aliphatic rings. The first-order valence-electron chi connectivity index (χ1n) is 10.4. The van der Waals surface area contributed by atoms with Crippen LogP contribution in [-0.4, -0.2) is 44.8 Å². The Morgan fingerprint density at radius 3 is 2.79 bits per heavy atom. The van der Waals surface area contributed by atoms with Gasteiger partial charge in [-0.05, 0) is 39.7 Å². The molecule has 0 N–H and O–H groups in total. The van der Waals surface area contributed by atoms with Gasteiger partial charge in [-0.2, -0.15) is 5.10 Å². The number of fused-ring (bicyclic) bond motifs is 1. The number of hydrogen-bond acceptors (Lipinski definition) is 5. The van der Waals surface area contributed by atoms with E-state index in [4.69, 9.17) is 14.5 Å². The van der Waals surface area contributed by atoms with Crippen LogP contribution in [0.15, 0.2) is 30.7 Å². The zero-order valence-corrected chi connectivity index (χ0v) is 17.3. The van der Waals surface area contributed by atoms with Gasteiger partial charge in [0.2, 0.25) is 0 Å². The minimum Gasteiger partial charge on any atom is -0.493 e. The summed E-state index contributed by atoms with van der Waals surface area (Å²) < 4.78 is 15.1. The van der Waals surface area contributed by atoms with Crippen LogP contribution >= 0.6 is 0 Å². The summed E-state index contributed by atoms with van der Waals surface area (Å²) in [5, 5.41) is 4.40. The maximum absolute atomic E-state index is 12.8. The second kappa shape index (κ2) is 8.37. The minimum absolute atomic E-state index is 0.0190. The van der Waals surface area contributed by atoms with Crippen molar-refractivity contribution >= 4 is 11.4 Å². The molecular formula is C22H28N4O3. The number of nitrogens with zero attached hydrogens (tertiary/aromatic N) is 4. The number of carbonyl (C=O) groups is 1. The van der Waals surface area contributed by atoms with E-state index in [9.17, 15) is 4.79 Å². The summed E-state index contributed by atoms with van der Waals surface area (Å²) in [7, 11) is 0. The molecule has 1 saturated heterocycles. The lowest BCUT2D eigenvalue weighted by Crippen LogP contribution is -2.14. The maximum atomic E-state index is 12.8. The highest BCUT2D eigenvalue weighted by atomic mass is 16.5. The van der Waals surface area contributed by atoms with Crippen LogP contribution in [0.3, 0.4) is 0 Å². The van der Waals surface area contributed by atoms with Gasteiger partial charge in [-0.3, -0.25) is 9.48 Å². The number of ketones is 1. The average Bonchev–Trinajstić information content (AvgIpc) is 3.36. The topological polar surface area (TPSA) is 70.7 Å². The first-order valence-corrected chi connectivity index (χ1v) is 10.4. The van der Waals surface area contributed by atoms with Crippen LogP contribution in [0.2, 0.25) is 0 Å². The summed E-state index contributed by atoms with van der Waals surface area (Å²) in [6.07, 6.45) is 8.11. The summed E-state index contributed by atoms with van der Waals surface area (Å²) in [6, 6.07) is 3.94. The number of aromatic nitrogens is 4. The first kappa shape index (κ1) is 19.6. The van der Waals surface area contributed by atoms with Crippen molar-refractivity contribution in [1.29, 1.82) is 0 Å². The zero-order chi connectivity index (χ0) is 20.4. The van der Waals surface area contributed by atoms with Crippen molar-refractivity contribution in [2.24, 2.45) is 0 Å². The molecule has 7 heteroatoms. The van der Waals surface area contributed by atoms with Gasteiger partial charge in [-0.25, -0.2) is 4.98 Å². The van der Waals surface area contributed by atoms with E-state index in [0.717, 1.165) is 43.0 Å². The van der Waals surface area contributed by atoms with Gasteiger partial charge >= 0.3 is 0 Å². The normalized spacial score (nSPS) is 15.3. The number of carbonyl (C=O) groups excluding carboxylic acids is 1. The van der Waals surface area contributed by atoms with Crippen LogP contribution in [0.25, 0.3) is 5.65 Å². The second-order valence-corrected chi connectivity index (χ2v) is 7.79. The van der Waals surface area contributed by atoms with Gasteiger partial charge in [-0.15, -0.1) is 0 Å². The fourth-order valence-corrected chi connectivity index (χ4v) is 3.73. The fraction of sp³-hybridized carbons (Fsp3) is 0.500. The number of imidazole rings is 1. The van der Waals surface area contributed by atoms with E-state index < -0.39 is 0 Å². The van der Waals surface area contributed by atoms with E-state index >= 15 is 0 Å². The largest absolute Gasteiger partial charge is 0.493 e. The fourth-order valence-electron chi connectivity index (χ4n) is 3.73.